The Morgan fingerprint density at radius 3 is 2.19 bits per heavy atom. The van der Waals surface area contributed by atoms with Crippen LogP contribution in [-0.2, 0) is 6.54 Å². The van der Waals surface area contributed by atoms with Crippen LogP contribution >= 0.6 is 0 Å². The van der Waals surface area contributed by atoms with Crippen LogP contribution in [-0.4, -0.2) is 37.4 Å². The van der Waals surface area contributed by atoms with Gasteiger partial charge in [0.25, 0.3) is 11.8 Å². The highest BCUT2D eigenvalue weighted by Crippen LogP contribution is 2.25. The van der Waals surface area contributed by atoms with Gasteiger partial charge in [-0.25, -0.2) is 14.8 Å². The Hall–Kier alpha value is -3.74. The molecule has 7 heteroatoms. The van der Waals surface area contributed by atoms with E-state index in [4.69, 9.17) is 0 Å². The molecule has 7 nitrogen and oxygen atoms in total. The highest BCUT2D eigenvalue weighted by Gasteiger charge is 2.41. The van der Waals surface area contributed by atoms with Gasteiger partial charge >= 0.3 is 6.03 Å². The number of imide groups is 1. The van der Waals surface area contributed by atoms with Crippen LogP contribution in [0.2, 0.25) is 0 Å². The molecule has 2 aromatic carbocycles. The summed E-state index contributed by atoms with van der Waals surface area (Å²) in [4.78, 5) is 42.6. The van der Waals surface area contributed by atoms with Crippen molar-refractivity contribution in [2.45, 2.75) is 13.5 Å². The van der Waals surface area contributed by atoms with Gasteiger partial charge in [-0.05, 0) is 24.6 Å². The van der Waals surface area contributed by atoms with Gasteiger partial charge in [0.05, 0.1) is 17.7 Å². The molecule has 0 saturated heterocycles. The number of nitrogens with zero attached hydrogens (tertiary/aromatic N) is 4. The standard InChI is InChI=1S/C20H16N4O3/c1-14-6-8-15(9-7-14)12-23(20(27)22-11-10-21-13-22)24-18(25)16-4-2-3-5-17(16)19(24)26/h2-11,13H,12H2,1H3. The van der Waals surface area contributed by atoms with E-state index in [2.05, 4.69) is 4.98 Å². The Labute approximate surface area is 155 Å². The fourth-order valence-corrected chi connectivity index (χ4v) is 2.99. The average molecular weight is 360 g/mol. The fourth-order valence-electron chi connectivity index (χ4n) is 2.99. The quantitative estimate of drug-likeness (QED) is 0.673. The molecule has 1 aromatic heterocycles. The molecule has 3 amide bonds. The van der Waals surface area contributed by atoms with E-state index >= 15 is 0 Å². The molecule has 0 bridgehead atoms. The lowest BCUT2D eigenvalue weighted by Gasteiger charge is -2.29. The largest absolute Gasteiger partial charge is 0.349 e. The van der Waals surface area contributed by atoms with E-state index in [0.717, 1.165) is 21.1 Å². The van der Waals surface area contributed by atoms with Gasteiger partial charge in [-0.2, -0.15) is 5.01 Å². The van der Waals surface area contributed by atoms with Crippen molar-refractivity contribution in [2.24, 2.45) is 0 Å². The first-order valence-corrected chi connectivity index (χ1v) is 8.39. The normalized spacial score (nSPS) is 13.0. The summed E-state index contributed by atoms with van der Waals surface area (Å²) < 4.78 is 1.23. The molecule has 0 unspecified atom stereocenters. The van der Waals surface area contributed by atoms with E-state index in [-0.39, 0.29) is 17.7 Å². The number of carbonyl (C=O) groups excluding carboxylic acids is 3. The molecule has 0 radical (unpaired) electrons. The molecule has 0 fully saturated rings. The maximum atomic E-state index is 13.0. The zero-order valence-corrected chi connectivity index (χ0v) is 14.6. The topological polar surface area (TPSA) is 75.5 Å². The number of carbonyl (C=O) groups is 3. The number of amides is 3. The van der Waals surface area contributed by atoms with Gasteiger partial charge in [0.1, 0.15) is 6.33 Å². The molecule has 3 aromatic rings. The van der Waals surface area contributed by atoms with E-state index in [1.54, 1.807) is 24.3 Å². The Morgan fingerprint density at radius 1 is 1.00 bits per heavy atom. The van der Waals surface area contributed by atoms with Gasteiger partial charge in [-0.3, -0.25) is 14.2 Å². The van der Waals surface area contributed by atoms with Crippen LogP contribution in [0.4, 0.5) is 4.79 Å². The van der Waals surface area contributed by atoms with E-state index < -0.39 is 17.8 Å². The van der Waals surface area contributed by atoms with Crippen molar-refractivity contribution in [1.29, 1.82) is 0 Å². The molecule has 2 heterocycles. The maximum Gasteiger partial charge on any atom is 0.349 e. The van der Waals surface area contributed by atoms with Crippen LogP contribution in [0.25, 0.3) is 0 Å². The van der Waals surface area contributed by atoms with Crippen LogP contribution in [0.15, 0.2) is 67.3 Å². The van der Waals surface area contributed by atoms with Gasteiger partial charge in [0.15, 0.2) is 0 Å². The maximum absolute atomic E-state index is 13.0. The number of aryl methyl sites for hydroxylation is 1. The molecule has 4 rings (SSSR count). The van der Waals surface area contributed by atoms with E-state index in [1.165, 1.54) is 23.3 Å². The Kier molecular flexibility index (Phi) is 4.04. The second kappa shape index (κ2) is 6.53. The van der Waals surface area contributed by atoms with Crippen LogP contribution in [0, 0.1) is 6.92 Å². The molecule has 0 atom stereocenters. The summed E-state index contributed by atoms with van der Waals surface area (Å²) in [5.74, 6) is -1.03. The van der Waals surface area contributed by atoms with Gasteiger partial charge < -0.3 is 0 Å². The van der Waals surface area contributed by atoms with Gasteiger partial charge in [0.2, 0.25) is 0 Å². The lowest BCUT2D eigenvalue weighted by atomic mass is 10.1. The monoisotopic (exact) mass is 360 g/mol. The summed E-state index contributed by atoms with van der Waals surface area (Å²) in [7, 11) is 0. The van der Waals surface area contributed by atoms with E-state index in [0.29, 0.717) is 0 Å². The molecule has 1 aliphatic heterocycles. The summed E-state index contributed by atoms with van der Waals surface area (Å²) >= 11 is 0. The Balaban J connectivity index is 1.74. The smallest absolute Gasteiger partial charge is 0.267 e. The zero-order chi connectivity index (χ0) is 19.0. The molecule has 0 spiro atoms. The number of rotatable bonds is 3. The number of benzene rings is 2. The number of hydrogen-bond donors (Lipinski definition) is 0. The van der Waals surface area contributed by atoms with Crippen molar-refractivity contribution in [1.82, 2.24) is 19.6 Å². The third-order valence-electron chi connectivity index (χ3n) is 4.41. The number of fused-ring (bicyclic) bond motifs is 1. The SMILES string of the molecule is Cc1ccc(CN(C(=O)n2ccnc2)N2C(=O)c3ccccc3C2=O)cc1. The molecule has 0 saturated carbocycles. The minimum atomic E-state index is -0.539. The molecule has 134 valence electrons. The number of imidazole rings is 1. The second-order valence-electron chi connectivity index (χ2n) is 6.26. The predicted molar refractivity (Wildman–Crippen MR) is 96.7 cm³/mol. The van der Waals surface area contributed by atoms with Crippen molar-refractivity contribution >= 4 is 17.8 Å². The van der Waals surface area contributed by atoms with Crippen molar-refractivity contribution in [2.75, 3.05) is 0 Å². The summed E-state index contributed by atoms with van der Waals surface area (Å²) in [6.45, 7) is 2.03. The van der Waals surface area contributed by atoms with E-state index in [9.17, 15) is 14.4 Å². The summed E-state index contributed by atoms with van der Waals surface area (Å²) in [5, 5.41) is 2.06. The third-order valence-corrected chi connectivity index (χ3v) is 4.41. The Morgan fingerprint density at radius 2 is 1.63 bits per heavy atom. The zero-order valence-electron chi connectivity index (χ0n) is 14.6. The second-order valence-corrected chi connectivity index (χ2v) is 6.26. The minimum Gasteiger partial charge on any atom is -0.267 e. The molecule has 0 aliphatic carbocycles. The molecular formula is C20H16N4O3. The minimum absolute atomic E-state index is 0.0722. The van der Waals surface area contributed by atoms with Crippen LogP contribution in [0.5, 0.6) is 0 Å². The Bertz CT molecular complexity index is 991. The first kappa shape index (κ1) is 16.7. The lowest BCUT2D eigenvalue weighted by Crippen LogP contribution is -2.50. The van der Waals surface area contributed by atoms with Crippen molar-refractivity contribution in [3.63, 3.8) is 0 Å². The predicted octanol–water partition coefficient (Wildman–Crippen LogP) is 2.87. The molecule has 27 heavy (non-hydrogen) atoms. The summed E-state index contributed by atoms with van der Waals surface area (Å²) in [5.41, 5.74) is 2.45. The molecular weight excluding hydrogens is 344 g/mol. The first-order chi connectivity index (χ1) is 13.1. The first-order valence-electron chi connectivity index (χ1n) is 8.39. The third kappa shape index (κ3) is 2.89. The van der Waals surface area contributed by atoms with Gasteiger partial charge in [-0.1, -0.05) is 42.0 Å². The molecule has 0 N–H and O–H groups in total. The van der Waals surface area contributed by atoms with Crippen LogP contribution in [0.3, 0.4) is 0 Å². The summed E-state index contributed by atoms with van der Waals surface area (Å²) in [6.07, 6.45) is 4.27. The van der Waals surface area contributed by atoms with E-state index in [1.807, 2.05) is 31.2 Å². The highest BCUT2D eigenvalue weighted by molar-refractivity contribution is 6.21. The van der Waals surface area contributed by atoms with Crippen molar-refractivity contribution in [3.05, 3.63) is 89.5 Å². The van der Waals surface area contributed by atoms with Crippen molar-refractivity contribution in [3.8, 4) is 0 Å². The number of hydrazine groups is 1. The number of hydrogen-bond acceptors (Lipinski definition) is 4. The average Bonchev–Trinajstić information content (AvgIpc) is 3.30. The summed E-state index contributed by atoms with van der Waals surface area (Å²) in [6, 6.07) is 13.6. The van der Waals surface area contributed by atoms with Gasteiger partial charge in [0, 0.05) is 12.4 Å². The molecule has 1 aliphatic rings. The fraction of sp³-hybridized carbons (Fsp3) is 0.100. The lowest BCUT2D eigenvalue weighted by molar-refractivity contribution is 0.0155. The van der Waals surface area contributed by atoms with Crippen molar-refractivity contribution < 1.29 is 14.4 Å². The highest BCUT2D eigenvalue weighted by atomic mass is 16.2. The van der Waals surface area contributed by atoms with Gasteiger partial charge in [-0.15, -0.1) is 0 Å². The van der Waals surface area contributed by atoms with Crippen LogP contribution < -0.4 is 0 Å². The number of aromatic nitrogens is 2. The van der Waals surface area contributed by atoms with Crippen LogP contribution in [0.1, 0.15) is 31.8 Å².